The fraction of sp³-hybridized carbons (Fsp3) is 0.333. The average molecular weight is 242 g/mol. The number of terminal acetylenes is 1. The normalized spacial score (nSPS) is 10.4. The van der Waals surface area contributed by atoms with Crippen molar-refractivity contribution < 1.29 is 4.74 Å². The molecule has 1 aromatic heterocycles. The van der Waals surface area contributed by atoms with Crippen molar-refractivity contribution in [3.05, 3.63) is 30.5 Å². The van der Waals surface area contributed by atoms with Gasteiger partial charge < -0.3 is 14.6 Å². The number of aromatic nitrogens is 1. The van der Waals surface area contributed by atoms with E-state index in [4.69, 9.17) is 11.2 Å². The Hall–Kier alpha value is -1.92. The SMILES string of the molecule is C#CCNCCn1ccc2cc(OCC)ccc21. The van der Waals surface area contributed by atoms with Crippen molar-refractivity contribution in [2.75, 3.05) is 19.7 Å². The van der Waals surface area contributed by atoms with Gasteiger partial charge in [-0.25, -0.2) is 0 Å². The number of nitrogens with one attached hydrogen (secondary N) is 1. The molecule has 1 aromatic carbocycles. The first kappa shape index (κ1) is 12.5. The monoisotopic (exact) mass is 242 g/mol. The second-order valence-corrected chi connectivity index (χ2v) is 4.04. The molecule has 18 heavy (non-hydrogen) atoms. The highest BCUT2D eigenvalue weighted by atomic mass is 16.5. The Morgan fingerprint density at radius 1 is 1.39 bits per heavy atom. The third-order valence-corrected chi connectivity index (χ3v) is 2.81. The quantitative estimate of drug-likeness (QED) is 0.621. The van der Waals surface area contributed by atoms with Crippen LogP contribution < -0.4 is 10.1 Å². The van der Waals surface area contributed by atoms with Crippen LogP contribution in [0.1, 0.15) is 6.92 Å². The van der Waals surface area contributed by atoms with E-state index < -0.39 is 0 Å². The molecule has 3 nitrogen and oxygen atoms in total. The van der Waals surface area contributed by atoms with Crippen molar-refractivity contribution in [1.29, 1.82) is 0 Å². The summed E-state index contributed by atoms with van der Waals surface area (Å²) < 4.78 is 7.71. The summed E-state index contributed by atoms with van der Waals surface area (Å²) in [5, 5.41) is 4.39. The summed E-state index contributed by atoms with van der Waals surface area (Å²) >= 11 is 0. The maximum absolute atomic E-state index is 5.49. The predicted octanol–water partition coefficient (Wildman–Crippen LogP) is 2.26. The molecule has 3 heteroatoms. The largest absolute Gasteiger partial charge is 0.494 e. The van der Waals surface area contributed by atoms with Crippen LogP contribution >= 0.6 is 0 Å². The predicted molar refractivity (Wildman–Crippen MR) is 74.8 cm³/mol. The molecule has 0 spiro atoms. The highest BCUT2D eigenvalue weighted by Crippen LogP contribution is 2.21. The lowest BCUT2D eigenvalue weighted by atomic mass is 10.2. The Labute approximate surface area is 108 Å². The Morgan fingerprint density at radius 2 is 2.28 bits per heavy atom. The summed E-state index contributed by atoms with van der Waals surface area (Å²) in [7, 11) is 0. The Kier molecular flexibility index (Phi) is 4.27. The van der Waals surface area contributed by atoms with Gasteiger partial charge in [-0.15, -0.1) is 6.42 Å². The molecule has 0 fully saturated rings. The minimum Gasteiger partial charge on any atom is -0.494 e. The molecule has 94 valence electrons. The molecule has 0 aliphatic rings. The van der Waals surface area contributed by atoms with Gasteiger partial charge in [-0.05, 0) is 31.2 Å². The zero-order chi connectivity index (χ0) is 12.8. The van der Waals surface area contributed by atoms with Crippen LogP contribution in [0.3, 0.4) is 0 Å². The van der Waals surface area contributed by atoms with Gasteiger partial charge in [-0.3, -0.25) is 0 Å². The van der Waals surface area contributed by atoms with Crippen LogP contribution in [0.2, 0.25) is 0 Å². The van der Waals surface area contributed by atoms with Crippen molar-refractivity contribution in [2.24, 2.45) is 0 Å². The lowest BCUT2D eigenvalue weighted by molar-refractivity contribution is 0.340. The molecular weight excluding hydrogens is 224 g/mol. The lowest BCUT2D eigenvalue weighted by Crippen LogP contribution is -2.19. The van der Waals surface area contributed by atoms with E-state index >= 15 is 0 Å². The highest BCUT2D eigenvalue weighted by molar-refractivity contribution is 5.81. The first-order valence-electron chi connectivity index (χ1n) is 6.21. The van der Waals surface area contributed by atoms with Gasteiger partial charge in [0, 0.05) is 30.2 Å². The van der Waals surface area contributed by atoms with Gasteiger partial charge >= 0.3 is 0 Å². The van der Waals surface area contributed by atoms with Crippen molar-refractivity contribution >= 4 is 10.9 Å². The van der Waals surface area contributed by atoms with Crippen LogP contribution in [-0.2, 0) is 6.54 Å². The van der Waals surface area contributed by atoms with Crippen molar-refractivity contribution in [3.63, 3.8) is 0 Å². The summed E-state index contributed by atoms with van der Waals surface area (Å²) in [4.78, 5) is 0. The van der Waals surface area contributed by atoms with E-state index in [1.54, 1.807) is 0 Å². The summed E-state index contributed by atoms with van der Waals surface area (Å²) in [5.41, 5.74) is 1.22. The molecule has 2 aromatic rings. The summed E-state index contributed by atoms with van der Waals surface area (Å²) in [6.45, 7) is 5.10. The van der Waals surface area contributed by atoms with Gasteiger partial charge in [0.15, 0.2) is 0 Å². The Morgan fingerprint density at radius 3 is 3.06 bits per heavy atom. The highest BCUT2D eigenvalue weighted by Gasteiger charge is 2.02. The average Bonchev–Trinajstić information content (AvgIpc) is 2.78. The van der Waals surface area contributed by atoms with Crippen LogP contribution in [0, 0.1) is 12.3 Å². The second-order valence-electron chi connectivity index (χ2n) is 4.04. The number of rotatable bonds is 6. The first-order valence-corrected chi connectivity index (χ1v) is 6.21. The van der Waals surface area contributed by atoms with Gasteiger partial charge in [0.25, 0.3) is 0 Å². The lowest BCUT2D eigenvalue weighted by Gasteiger charge is -2.07. The smallest absolute Gasteiger partial charge is 0.120 e. The van der Waals surface area contributed by atoms with E-state index in [2.05, 4.69) is 40.2 Å². The van der Waals surface area contributed by atoms with Crippen LogP contribution in [0.25, 0.3) is 10.9 Å². The van der Waals surface area contributed by atoms with Gasteiger partial charge in [0.2, 0.25) is 0 Å². The fourth-order valence-electron chi connectivity index (χ4n) is 1.99. The molecular formula is C15H18N2O. The maximum atomic E-state index is 5.49. The zero-order valence-electron chi connectivity index (χ0n) is 10.6. The summed E-state index contributed by atoms with van der Waals surface area (Å²) in [6.07, 6.45) is 7.29. The minimum atomic E-state index is 0.619. The molecule has 0 atom stereocenters. The molecule has 0 radical (unpaired) electrons. The van der Waals surface area contributed by atoms with Gasteiger partial charge in [0.1, 0.15) is 5.75 Å². The molecule has 1 N–H and O–H groups in total. The van der Waals surface area contributed by atoms with Crippen LogP contribution in [0.4, 0.5) is 0 Å². The third-order valence-electron chi connectivity index (χ3n) is 2.81. The number of hydrogen-bond acceptors (Lipinski definition) is 2. The molecule has 0 bridgehead atoms. The number of nitrogens with zero attached hydrogens (tertiary/aromatic N) is 1. The van der Waals surface area contributed by atoms with E-state index in [0.29, 0.717) is 13.2 Å². The molecule has 0 saturated heterocycles. The first-order chi connectivity index (χ1) is 8.85. The van der Waals surface area contributed by atoms with E-state index in [9.17, 15) is 0 Å². The number of ether oxygens (including phenoxy) is 1. The minimum absolute atomic E-state index is 0.619. The van der Waals surface area contributed by atoms with Crippen LogP contribution in [0.5, 0.6) is 5.75 Å². The van der Waals surface area contributed by atoms with Gasteiger partial charge in [-0.2, -0.15) is 0 Å². The van der Waals surface area contributed by atoms with E-state index in [0.717, 1.165) is 18.8 Å². The Balaban J connectivity index is 2.08. The maximum Gasteiger partial charge on any atom is 0.120 e. The van der Waals surface area contributed by atoms with E-state index in [-0.39, 0.29) is 0 Å². The second kappa shape index (κ2) is 6.13. The van der Waals surface area contributed by atoms with Crippen LogP contribution in [-0.4, -0.2) is 24.3 Å². The molecule has 0 unspecified atom stereocenters. The summed E-state index contributed by atoms with van der Waals surface area (Å²) in [6, 6.07) is 8.29. The third kappa shape index (κ3) is 2.85. The molecule has 0 aliphatic heterocycles. The van der Waals surface area contributed by atoms with Gasteiger partial charge in [0.05, 0.1) is 13.2 Å². The van der Waals surface area contributed by atoms with E-state index in [1.165, 1.54) is 10.9 Å². The topological polar surface area (TPSA) is 26.2 Å². The standard InChI is InChI=1S/C15H18N2O/c1-3-8-16-9-11-17-10-7-13-12-14(18-4-2)5-6-15(13)17/h1,5-7,10,12,16H,4,8-9,11H2,2H3. The van der Waals surface area contributed by atoms with Gasteiger partial charge in [-0.1, -0.05) is 5.92 Å². The van der Waals surface area contributed by atoms with Crippen molar-refractivity contribution in [1.82, 2.24) is 9.88 Å². The molecule has 1 heterocycles. The number of benzene rings is 1. The number of fused-ring (bicyclic) bond motifs is 1. The van der Waals surface area contributed by atoms with Crippen LogP contribution in [0.15, 0.2) is 30.5 Å². The fourth-order valence-corrected chi connectivity index (χ4v) is 1.99. The summed E-state index contributed by atoms with van der Waals surface area (Å²) in [5.74, 6) is 3.49. The molecule has 0 saturated carbocycles. The molecule has 0 amide bonds. The number of hydrogen-bond donors (Lipinski definition) is 1. The van der Waals surface area contributed by atoms with Crippen molar-refractivity contribution in [2.45, 2.75) is 13.5 Å². The molecule has 0 aliphatic carbocycles. The Bertz CT molecular complexity index is 551. The van der Waals surface area contributed by atoms with Crippen molar-refractivity contribution in [3.8, 4) is 18.1 Å². The molecule has 2 rings (SSSR count). The van der Waals surface area contributed by atoms with E-state index in [1.807, 2.05) is 13.0 Å². The zero-order valence-corrected chi connectivity index (χ0v) is 10.6.